The molecule has 0 amide bonds. The van der Waals surface area contributed by atoms with Crippen molar-refractivity contribution in [3.63, 3.8) is 0 Å². The molecule has 0 heterocycles. The minimum atomic E-state index is -1.10. The van der Waals surface area contributed by atoms with E-state index in [4.69, 9.17) is 11.6 Å². The summed E-state index contributed by atoms with van der Waals surface area (Å²) in [5.74, 6) is 0.0249. The van der Waals surface area contributed by atoms with Crippen LogP contribution in [0.2, 0.25) is 5.02 Å². The highest BCUT2D eigenvalue weighted by Gasteiger charge is 2.22. The van der Waals surface area contributed by atoms with Crippen LogP contribution in [0.3, 0.4) is 0 Å². The smallest absolute Gasteiger partial charge is 0.135 e. The summed E-state index contributed by atoms with van der Waals surface area (Å²) in [6, 6.07) is 3.12. The Bertz CT molecular complexity index is 331. The van der Waals surface area contributed by atoms with Crippen molar-refractivity contribution in [1.82, 2.24) is 0 Å². The van der Waals surface area contributed by atoms with E-state index in [2.05, 4.69) is 15.9 Å². The van der Waals surface area contributed by atoms with E-state index in [1.165, 1.54) is 0 Å². The molecule has 0 saturated heterocycles. The van der Waals surface area contributed by atoms with Crippen LogP contribution in [-0.4, -0.2) is 10.2 Å². The number of phenols is 1. The predicted molar refractivity (Wildman–Crippen MR) is 56.1 cm³/mol. The number of rotatable bonds is 1. The van der Waals surface area contributed by atoms with Crippen LogP contribution < -0.4 is 0 Å². The fraction of sp³-hybridized carbons (Fsp3) is 0.333. The molecule has 0 unspecified atom stereocenters. The molecule has 0 aliphatic rings. The normalized spacial score (nSPS) is 11.8. The number of hydrogen-bond donors (Lipinski definition) is 2. The number of benzene rings is 1. The van der Waals surface area contributed by atoms with Crippen molar-refractivity contribution < 1.29 is 10.2 Å². The maximum atomic E-state index is 9.68. The van der Waals surface area contributed by atoms with Crippen molar-refractivity contribution in [2.24, 2.45) is 0 Å². The maximum Gasteiger partial charge on any atom is 0.135 e. The van der Waals surface area contributed by atoms with E-state index in [-0.39, 0.29) is 5.75 Å². The Kier molecular flexibility index (Phi) is 2.90. The quantitative estimate of drug-likeness (QED) is 0.819. The summed E-state index contributed by atoms with van der Waals surface area (Å²) >= 11 is 8.92. The number of aliphatic hydroxyl groups is 1. The van der Waals surface area contributed by atoms with E-state index < -0.39 is 5.60 Å². The highest BCUT2D eigenvalue weighted by Crippen LogP contribution is 2.37. The molecule has 0 radical (unpaired) electrons. The number of phenolic OH excluding ortho intramolecular Hbond substituents is 1. The third-order valence-electron chi connectivity index (χ3n) is 1.69. The molecule has 0 spiro atoms. The van der Waals surface area contributed by atoms with Crippen molar-refractivity contribution >= 4 is 27.5 Å². The molecule has 13 heavy (non-hydrogen) atoms. The van der Waals surface area contributed by atoms with Gasteiger partial charge in [0, 0.05) is 10.6 Å². The lowest BCUT2D eigenvalue weighted by molar-refractivity contribution is 0.0757. The Balaban J connectivity index is 3.37. The zero-order valence-electron chi connectivity index (χ0n) is 7.31. The summed E-state index contributed by atoms with van der Waals surface area (Å²) in [5.41, 5.74) is -0.691. The third kappa shape index (κ3) is 2.36. The molecule has 1 aromatic carbocycles. The first-order valence-corrected chi connectivity index (χ1v) is 4.90. The first-order chi connectivity index (χ1) is 5.82. The van der Waals surface area contributed by atoms with Crippen LogP contribution in [0.1, 0.15) is 19.4 Å². The van der Waals surface area contributed by atoms with Gasteiger partial charge in [-0.15, -0.1) is 0 Å². The Morgan fingerprint density at radius 2 is 1.92 bits per heavy atom. The van der Waals surface area contributed by atoms with Crippen LogP contribution in [-0.2, 0) is 5.60 Å². The second-order valence-electron chi connectivity index (χ2n) is 3.34. The summed E-state index contributed by atoms with van der Waals surface area (Å²) < 4.78 is 0.483. The lowest BCUT2D eigenvalue weighted by atomic mass is 9.97. The molecule has 2 nitrogen and oxygen atoms in total. The van der Waals surface area contributed by atoms with Gasteiger partial charge in [0.05, 0.1) is 10.1 Å². The molecule has 72 valence electrons. The van der Waals surface area contributed by atoms with Gasteiger partial charge in [0.15, 0.2) is 0 Å². The lowest BCUT2D eigenvalue weighted by Crippen LogP contribution is -2.15. The summed E-state index contributed by atoms with van der Waals surface area (Å²) in [4.78, 5) is 0. The van der Waals surface area contributed by atoms with Gasteiger partial charge in [0.25, 0.3) is 0 Å². The highest BCUT2D eigenvalue weighted by atomic mass is 79.9. The monoisotopic (exact) mass is 264 g/mol. The van der Waals surface area contributed by atoms with E-state index in [1.54, 1.807) is 26.0 Å². The fourth-order valence-corrected chi connectivity index (χ4v) is 1.84. The second kappa shape index (κ2) is 3.48. The van der Waals surface area contributed by atoms with Crippen LogP contribution in [0.15, 0.2) is 16.6 Å². The van der Waals surface area contributed by atoms with Gasteiger partial charge >= 0.3 is 0 Å². The minimum Gasteiger partial charge on any atom is -0.506 e. The highest BCUT2D eigenvalue weighted by molar-refractivity contribution is 9.10. The predicted octanol–water partition coefficient (Wildman–Crippen LogP) is 3.04. The van der Waals surface area contributed by atoms with Gasteiger partial charge in [0.1, 0.15) is 5.75 Å². The van der Waals surface area contributed by atoms with E-state index in [0.29, 0.717) is 15.1 Å². The molecule has 0 saturated carbocycles. The maximum absolute atomic E-state index is 9.68. The Hall–Kier alpha value is -0.250. The molecule has 0 bridgehead atoms. The summed E-state index contributed by atoms with van der Waals surface area (Å²) in [6.45, 7) is 3.18. The van der Waals surface area contributed by atoms with Gasteiger partial charge in [0.2, 0.25) is 0 Å². The molecular formula is C9H10BrClO2. The van der Waals surface area contributed by atoms with Gasteiger partial charge in [-0.3, -0.25) is 0 Å². The van der Waals surface area contributed by atoms with Crippen molar-refractivity contribution in [3.8, 4) is 5.75 Å². The molecule has 0 aromatic heterocycles. The first-order valence-electron chi connectivity index (χ1n) is 3.73. The Morgan fingerprint density at radius 1 is 1.38 bits per heavy atom. The molecule has 4 heteroatoms. The Morgan fingerprint density at radius 3 is 2.38 bits per heavy atom. The summed E-state index contributed by atoms with van der Waals surface area (Å²) in [6.07, 6.45) is 0. The number of aromatic hydroxyl groups is 1. The van der Waals surface area contributed by atoms with Gasteiger partial charge in [-0.1, -0.05) is 11.6 Å². The average molecular weight is 266 g/mol. The van der Waals surface area contributed by atoms with Gasteiger partial charge in [-0.05, 0) is 41.9 Å². The first kappa shape index (κ1) is 10.8. The zero-order valence-corrected chi connectivity index (χ0v) is 9.65. The van der Waals surface area contributed by atoms with Crippen molar-refractivity contribution in [2.45, 2.75) is 19.4 Å². The van der Waals surface area contributed by atoms with Gasteiger partial charge < -0.3 is 10.2 Å². The molecule has 1 rings (SSSR count). The summed E-state index contributed by atoms with van der Waals surface area (Å²) in [5, 5.41) is 19.7. The Labute approximate surface area is 90.3 Å². The van der Waals surface area contributed by atoms with E-state index in [9.17, 15) is 10.2 Å². The number of hydrogen-bond acceptors (Lipinski definition) is 2. The molecule has 2 N–H and O–H groups in total. The fourth-order valence-electron chi connectivity index (χ4n) is 1.03. The van der Waals surface area contributed by atoms with E-state index in [1.807, 2.05) is 0 Å². The molecule has 0 atom stereocenters. The minimum absolute atomic E-state index is 0.0249. The topological polar surface area (TPSA) is 40.5 Å². The van der Waals surface area contributed by atoms with Crippen LogP contribution in [0, 0.1) is 0 Å². The second-order valence-corrected chi connectivity index (χ2v) is 4.63. The number of halogens is 2. The van der Waals surface area contributed by atoms with Crippen LogP contribution >= 0.6 is 27.5 Å². The van der Waals surface area contributed by atoms with Crippen molar-refractivity contribution in [1.29, 1.82) is 0 Å². The molecule has 0 aliphatic heterocycles. The SMILES string of the molecule is CC(C)(O)c1cc(Cl)cc(Br)c1O. The van der Waals surface area contributed by atoms with E-state index in [0.717, 1.165) is 0 Å². The van der Waals surface area contributed by atoms with Crippen molar-refractivity contribution in [3.05, 3.63) is 27.2 Å². The van der Waals surface area contributed by atoms with Crippen LogP contribution in [0.25, 0.3) is 0 Å². The summed E-state index contributed by atoms with van der Waals surface area (Å²) in [7, 11) is 0. The van der Waals surface area contributed by atoms with Gasteiger partial charge in [-0.25, -0.2) is 0 Å². The van der Waals surface area contributed by atoms with Crippen LogP contribution in [0.4, 0.5) is 0 Å². The molecule has 0 fully saturated rings. The largest absolute Gasteiger partial charge is 0.506 e. The third-order valence-corrected chi connectivity index (χ3v) is 2.51. The standard InChI is InChI=1S/C9H10BrClO2/c1-9(2,13)6-3-5(11)4-7(10)8(6)12/h3-4,12-13H,1-2H3. The molecular weight excluding hydrogens is 255 g/mol. The molecule has 0 aliphatic carbocycles. The van der Waals surface area contributed by atoms with Gasteiger partial charge in [-0.2, -0.15) is 0 Å². The lowest BCUT2D eigenvalue weighted by Gasteiger charge is -2.19. The van der Waals surface area contributed by atoms with Crippen LogP contribution in [0.5, 0.6) is 5.75 Å². The zero-order chi connectivity index (χ0) is 10.2. The van der Waals surface area contributed by atoms with Crippen molar-refractivity contribution in [2.75, 3.05) is 0 Å². The molecule has 1 aromatic rings. The average Bonchev–Trinajstić information content (AvgIpc) is 1.94. The van der Waals surface area contributed by atoms with E-state index >= 15 is 0 Å².